The molecule has 0 bridgehead atoms. The highest BCUT2D eigenvalue weighted by Gasteiger charge is 2.07. The topological polar surface area (TPSA) is 125 Å². The molecule has 24 heavy (non-hydrogen) atoms. The van der Waals surface area contributed by atoms with Crippen molar-refractivity contribution in [3.05, 3.63) is 30.3 Å². The Labute approximate surface area is 143 Å². The van der Waals surface area contributed by atoms with Crippen molar-refractivity contribution in [2.75, 3.05) is 37.5 Å². The van der Waals surface area contributed by atoms with E-state index in [4.69, 9.17) is 20.9 Å². The van der Waals surface area contributed by atoms with E-state index in [0.717, 1.165) is 11.8 Å². The fourth-order valence-electron chi connectivity index (χ4n) is 1.80. The Morgan fingerprint density at radius 3 is 2.54 bits per heavy atom. The number of ether oxygens (including phenoxy) is 2. The lowest BCUT2D eigenvalue weighted by Crippen LogP contribution is -2.29. The van der Waals surface area contributed by atoms with Crippen LogP contribution in [-0.2, 0) is 4.79 Å². The van der Waals surface area contributed by atoms with Gasteiger partial charge in [-0.15, -0.1) is 0 Å². The summed E-state index contributed by atoms with van der Waals surface area (Å²) in [6, 6.07) is 8.78. The predicted molar refractivity (Wildman–Crippen MR) is 93.1 cm³/mol. The van der Waals surface area contributed by atoms with E-state index in [-0.39, 0.29) is 23.3 Å². The first-order chi connectivity index (χ1) is 11.6. The molecule has 8 nitrogen and oxygen atoms in total. The Morgan fingerprint density at radius 1 is 1.21 bits per heavy atom. The summed E-state index contributed by atoms with van der Waals surface area (Å²) >= 11 is 1.16. The molecular weight excluding hydrogens is 330 g/mol. The molecule has 0 saturated heterocycles. The molecule has 2 aromatic rings. The minimum Gasteiger partial charge on any atom is -0.493 e. The molecule has 0 unspecified atom stereocenters. The minimum atomic E-state index is -0.159. The summed E-state index contributed by atoms with van der Waals surface area (Å²) < 4.78 is 10.7. The summed E-state index contributed by atoms with van der Waals surface area (Å²) in [6.45, 7) is 0.704. The normalized spacial score (nSPS) is 10.2. The summed E-state index contributed by atoms with van der Waals surface area (Å²) in [5.41, 5.74) is 11.1. The summed E-state index contributed by atoms with van der Waals surface area (Å²) in [7, 11) is 1.58. The molecule has 0 aliphatic rings. The highest BCUT2D eigenvalue weighted by Crippen LogP contribution is 2.25. The van der Waals surface area contributed by atoms with Crippen LogP contribution < -0.4 is 26.3 Å². The van der Waals surface area contributed by atoms with E-state index in [0.29, 0.717) is 29.8 Å². The van der Waals surface area contributed by atoms with Gasteiger partial charge in [0, 0.05) is 6.07 Å². The molecule has 5 N–H and O–H groups in total. The van der Waals surface area contributed by atoms with Crippen LogP contribution in [0.5, 0.6) is 11.5 Å². The van der Waals surface area contributed by atoms with Crippen molar-refractivity contribution in [3.63, 3.8) is 0 Å². The lowest BCUT2D eigenvalue weighted by atomic mass is 10.3. The summed E-state index contributed by atoms with van der Waals surface area (Å²) in [5.74, 6) is 1.83. The van der Waals surface area contributed by atoms with Crippen molar-refractivity contribution in [2.45, 2.75) is 5.16 Å². The van der Waals surface area contributed by atoms with Crippen LogP contribution in [0.15, 0.2) is 35.5 Å². The number of hydrogen-bond donors (Lipinski definition) is 3. The van der Waals surface area contributed by atoms with Gasteiger partial charge >= 0.3 is 0 Å². The molecule has 1 amide bonds. The average Bonchev–Trinajstić information content (AvgIpc) is 2.56. The van der Waals surface area contributed by atoms with Crippen LogP contribution in [0.1, 0.15) is 0 Å². The van der Waals surface area contributed by atoms with E-state index in [1.165, 1.54) is 6.07 Å². The molecule has 0 atom stereocenters. The highest BCUT2D eigenvalue weighted by molar-refractivity contribution is 7.99. The molecule has 0 spiro atoms. The van der Waals surface area contributed by atoms with Gasteiger partial charge in [0.2, 0.25) is 5.91 Å². The van der Waals surface area contributed by atoms with Gasteiger partial charge in [0.25, 0.3) is 0 Å². The quantitative estimate of drug-likeness (QED) is 0.365. The number of nitrogens with zero attached hydrogens (tertiary/aromatic N) is 2. The largest absolute Gasteiger partial charge is 0.493 e. The molecule has 0 saturated carbocycles. The summed E-state index contributed by atoms with van der Waals surface area (Å²) in [4.78, 5) is 19.8. The van der Waals surface area contributed by atoms with Crippen molar-refractivity contribution in [3.8, 4) is 11.5 Å². The van der Waals surface area contributed by atoms with Crippen LogP contribution in [-0.4, -0.2) is 41.9 Å². The number of methoxy groups -OCH3 is 1. The smallest absolute Gasteiger partial charge is 0.230 e. The van der Waals surface area contributed by atoms with E-state index in [1.54, 1.807) is 13.2 Å². The summed E-state index contributed by atoms with van der Waals surface area (Å²) in [6.07, 6.45) is 0. The minimum absolute atomic E-state index is 0.159. The zero-order valence-electron chi connectivity index (χ0n) is 13.2. The van der Waals surface area contributed by atoms with E-state index in [1.807, 2.05) is 18.2 Å². The molecule has 0 radical (unpaired) electrons. The van der Waals surface area contributed by atoms with Crippen molar-refractivity contribution < 1.29 is 14.3 Å². The molecule has 9 heteroatoms. The summed E-state index contributed by atoms with van der Waals surface area (Å²) in [5, 5.41) is 3.11. The monoisotopic (exact) mass is 349 g/mol. The first-order valence-corrected chi connectivity index (χ1v) is 8.12. The van der Waals surface area contributed by atoms with E-state index < -0.39 is 0 Å². The van der Waals surface area contributed by atoms with Gasteiger partial charge in [-0.3, -0.25) is 4.79 Å². The number of nitrogens with two attached hydrogens (primary N) is 2. The number of rotatable bonds is 8. The van der Waals surface area contributed by atoms with Crippen molar-refractivity contribution in [1.29, 1.82) is 0 Å². The number of nitrogens with one attached hydrogen (secondary N) is 1. The van der Waals surface area contributed by atoms with Crippen molar-refractivity contribution in [2.24, 2.45) is 0 Å². The van der Waals surface area contributed by atoms with E-state index in [2.05, 4.69) is 15.3 Å². The number of aromatic nitrogens is 2. The Bertz CT molecular complexity index is 678. The third-order valence-electron chi connectivity index (χ3n) is 2.83. The van der Waals surface area contributed by atoms with Crippen LogP contribution >= 0.6 is 11.8 Å². The fourth-order valence-corrected chi connectivity index (χ4v) is 2.50. The molecule has 128 valence electrons. The third kappa shape index (κ3) is 5.51. The lowest BCUT2D eigenvalue weighted by Gasteiger charge is -2.10. The van der Waals surface area contributed by atoms with Gasteiger partial charge < -0.3 is 26.3 Å². The lowest BCUT2D eigenvalue weighted by molar-refractivity contribution is -0.118. The van der Waals surface area contributed by atoms with Crippen LogP contribution in [0.25, 0.3) is 0 Å². The zero-order chi connectivity index (χ0) is 17.4. The van der Waals surface area contributed by atoms with Gasteiger partial charge in [-0.25, -0.2) is 9.97 Å². The number of amides is 1. The van der Waals surface area contributed by atoms with E-state index in [9.17, 15) is 4.79 Å². The van der Waals surface area contributed by atoms with E-state index >= 15 is 0 Å². The third-order valence-corrected chi connectivity index (χ3v) is 3.68. The van der Waals surface area contributed by atoms with Crippen LogP contribution in [0.3, 0.4) is 0 Å². The number of carbonyl (C=O) groups is 1. The second kappa shape index (κ2) is 8.82. The SMILES string of the molecule is COc1ccccc1OCCNC(=O)CSc1nc(N)cc(N)n1. The molecule has 1 aromatic carbocycles. The maximum atomic E-state index is 11.8. The Hall–Kier alpha value is -2.68. The molecule has 2 rings (SSSR count). The van der Waals surface area contributed by atoms with Crippen LogP contribution in [0.4, 0.5) is 11.6 Å². The number of para-hydroxylation sites is 2. The molecular formula is C15H19N5O3S. The Balaban J connectivity index is 1.70. The van der Waals surface area contributed by atoms with Gasteiger partial charge in [-0.2, -0.15) is 0 Å². The van der Waals surface area contributed by atoms with Gasteiger partial charge in [-0.05, 0) is 12.1 Å². The van der Waals surface area contributed by atoms with Crippen molar-refractivity contribution in [1.82, 2.24) is 15.3 Å². The fraction of sp³-hybridized carbons (Fsp3) is 0.267. The molecule has 0 aliphatic carbocycles. The predicted octanol–water partition coefficient (Wildman–Crippen LogP) is 0.937. The van der Waals surface area contributed by atoms with Gasteiger partial charge in [0.05, 0.1) is 19.4 Å². The Morgan fingerprint density at radius 2 is 1.88 bits per heavy atom. The second-order valence-electron chi connectivity index (χ2n) is 4.64. The van der Waals surface area contributed by atoms with Gasteiger partial charge in [0.1, 0.15) is 18.2 Å². The van der Waals surface area contributed by atoms with Gasteiger partial charge in [-0.1, -0.05) is 23.9 Å². The first kappa shape index (κ1) is 17.7. The zero-order valence-corrected chi connectivity index (χ0v) is 14.0. The maximum absolute atomic E-state index is 11.8. The number of thioether (sulfide) groups is 1. The van der Waals surface area contributed by atoms with Crippen molar-refractivity contribution >= 4 is 29.3 Å². The number of carbonyl (C=O) groups excluding carboxylic acids is 1. The first-order valence-electron chi connectivity index (χ1n) is 7.14. The van der Waals surface area contributed by atoms with Gasteiger partial charge in [0.15, 0.2) is 16.7 Å². The molecule has 0 fully saturated rings. The molecule has 1 heterocycles. The Kier molecular flexibility index (Phi) is 6.50. The highest BCUT2D eigenvalue weighted by atomic mass is 32.2. The number of hydrogen-bond acceptors (Lipinski definition) is 8. The van der Waals surface area contributed by atoms with Crippen LogP contribution in [0.2, 0.25) is 0 Å². The maximum Gasteiger partial charge on any atom is 0.230 e. The molecule has 1 aromatic heterocycles. The number of benzene rings is 1. The standard InChI is InChI=1S/C15H19N5O3S/c1-22-10-4-2-3-5-11(10)23-7-6-18-14(21)9-24-15-19-12(16)8-13(17)20-15/h2-5,8H,6-7,9H2,1H3,(H,18,21)(H4,16,17,19,20). The number of anilines is 2. The van der Waals surface area contributed by atoms with Crippen LogP contribution in [0, 0.1) is 0 Å². The second-order valence-corrected chi connectivity index (χ2v) is 5.58. The molecule has 0 aliphatic heterocycles. The average molecular weight is 349 g/mol. The number of nitrogen functional groups attached to an aromatic ring is 2.